The van der Waals surface area contributed by atoms with Crippen LogP contribution in [-0.4, -0.2) is 25.4 Å². The quantitative estimate of drug-likeness (QED) is 0.499. The van der Waals surface area contributed by atoms with Crippen LogP contribution in [0.25, 0.3) is 0 Å². The van der Waals surface area contributed by atoms with Crippen molar-refractivity contribution in [2.45, 2.75) is 31.5 Å². The molecule has 0 aliphatic carbocycles. The van der Waals surface area contributed by atoms with E-state index >= 15 is 0 Å². The molecule has 0 radical (unpaired) electrons. The molecule has 0 saturated carbocycles. The summed E-state index contributed by atoms with van der Waals surface area (Å²) in [6.45, 7) is 1.93. The van der Waals surface area contributed by atoms with Crippen molar-refractivity contribution in [2.75, 3.05) is 13.2 Å². The summed E-state index contributed by atoms with van der Waals surface area (Å²) >= 11 is 0. The van der Waals surface area contributed by atoms with Crippen LogP contribution in [-0.2, 0) is 9.47 Å². The zero-order valence-corrected chi connectivity index (χ0v) is 6.01. The summed E-state index contributed by atoms with van der Waals surface area (Å²) in [4.78, 5) is 0. The van der Waals surface area contributed by atoms with Gasteiger partial charge in [-0.25, -0.2) is 0 Å². The third kappa shape index (κ3) is 0.487. The Morgan fingerprint density at radius 2 is 2.10 bits per heavy atom. The highest BCUT2D eigenvalue weighted by Crippen LogP contribution is 2.51. The fourth-order valence-corrected chi connectivity index (χ4v) is 2.56. The van der Waals surface area contributed by atoms with Gasteiger partial charge in [0.2, 0.25) is 0 Å². The first-order valence-electron chi connectivity index (χ1n) is 4.12. The molecule has 3 fully saturated rings. The van der Waals surface area contributed by atoms with Crippen molar-refractivity contribution >= 4 is 0 Å². The second kappa shape index (κ2) is 1.56. The van der Waals surface area contributed by atoms with E-state index in [0.29, 0.717) is 17.6 Å². The van der Waals surface area contributed by atoms with E-state index in [1.54, 1.807) is 0 Å². The molecule has 2 bridgehead atoms. The smallest absolute Gasteiger partial charge is 0.0681 e. The van der Waals surface area contributed by atoms with E-state index in [1.165, 1.54) is 19.3 Å². The van der Waals surface area contributed by atoms with Gasteiger partial charge in [-0.15, -0.1) is 0 Å². The Morgan fingerprint density at radius 3 is 2.40 bits per heavy atom. The zero-order valence-electron chi connectivity index (χ0n) is 6.01. The van der Waals surface area contributed by atoms with Gasteiger partial charge >= 0.3 is 0 Å². The molecule has 0 N–H and O–H groups in total. The maximum Gasteiger partial charge on any atom is 0.0681 e. The molecular weight excluding hydrogens is 128 g/mol. The fraction of sp³-hybridized carbons (Fsp3) is 1.00. The Labute approximate surface area is 60.5 Å². The Kier molecular flexibility index (Phi) is 0.868. The Morgan fingerprint density at radius 1 is 1.20 bits per heavy atom. The molecule has 10 heavy (non-hydrogen) atoms. The van der Waals surface area contributed by atoms with Gasteiger partial charge in [0.05, 0.1) is 25.4 Å². The van der Waals surface area contributed by atoms with Gasteiger partial charge < -0.3 is 9.47 Å². The standard InChI is InChI=1S/C8H12O2/c1-2-7-8(4-9-5-8)3-6(1)10-7/h6-7H,1-5H2. The van der Waals surface area contributed by atoms with Crippen molar-refractivity contribution in [1.29, 1.82) is 0 Å². The number of fused-ring (bicyclic) bond motifs is 3. The summed E-state index contributed by atoms with van der Waals surface area (Å²) in [7, 11) is 0. The lowest BCUT2D eigenvalue weighted by molar-refractivity contribution is -0.141. The number of hydrogen-bond donors (Lipinski definition) is 0. The molecule has 0 aromatic rings. The highest BCUT2D eigenvalue weighted by Gasteiger charge is 2.56. The SMILES string of the molecule is C1CC2OC1CC21COC1. The van der Waals surface area contributed by atoms with Crippen LogP contribution in [0.4, 0.5) is 0 Å². The summed E-state index contributed by atoms with van der Waals surface area (Å²) in [6, 6.07) is 0. The average molecular weight is 140 g/mol. The molecule has 3 rings (SSSR count). The van der Waals surface area contributed by atoms with E-state index in [1.807, 2.05) is 0 Å². The lowest BCUT2D eigenvalue weighted by Gasteiger charge is -2.42. The molecule has 0 aromatic heterocycles. The van der Waals surface area contributed by atoms with Crippen molar-refractivity contribution < 1.29 is 9.47 Å². The van der Waals surface area contributed by atoms with Gasteiger partial charge in [-0.1, -0.05) is 0 Å². The third-order valence-electron chi connectivity index (χ3n) is 3.20. The predicted octanol–water partition coefficient (Wildman–Crippen LogP) is 0.954. The van der Waals surface area contributed by atoms with Gasteiger partial charge in [0.25, 0.3) is 0 Å². The van der Waals surface area contributed by atoms with E-state index in [9.17, 15) is 0 Å². The summed E-state index contributed by atoms with van der Waals surface area (Å²) in [6.07, 6.45) is 5.01. The van der Waals surface area contributed by atoms with E-state index in [0.717, 1.165) is 13.2 Å². The summed E-state index contributed by atoms with van der Waals surface area (Å²) in [5.41, 5.74) is 0.489. The minimum Gasteiger partial charge on any atom is -0.380 e. The van der Waals surface area contributed by atoms with Crippen LogP contribution in [0.3, 0.4) is 0 Å². The van der Waals surface area contributed by atoms with Crippen LogP contribution in [0, 0.1) is 5.41 Å². The molecule has 3 aliphatic heterocycles. The molecule has 3 aliphatic rings. The molecule has 1 spiro atoms. The maximum absolute atomic E-state index is 5.75. The van der Waals surface area contributed by atoms with Gasteiger partial charge in [-0.2, -0.15) is 0 Å². The molecule has 2 atom stereocenters. The number of ether oxygens (including phenoxy) is 2. The predicted molar refractivity (Wildman–Crippen MR) is 35.8 cm³/mol. The van der Waals surface area contributed by atoms with Gasteiger partial charge in [0, 0.05) is 5.41 Å². The number of hydrogen-bond acceptors (Lipinski definition) is 2. The first kappa shape index (κ1) is 5.56. The monoisotopic (exact) mass is 140 g/mol. The highest BCUT2D eigenvalue weighted by atomic mass is 16.5. The molecule has 3 saturated heterocycles. The largest absolute Gasteiger partial charge is 0.380 e. The van der Waals surface area contributed by atoms with Crippen LogP contribution >= 0.6 is 0 Å². The van der Waals surface area contributed by atoms with Crippen LogP contribution in [0.1, 0.15) is 19.3 Å². The van der Waals surface area contributed by atoms with Gasteiger partial charge in [-0.05, 0) is 19.3 Å². The van der Waals surface area contributed by atoms with Crippen molar-refractivity contribution in [1.82, 2.24) is 0 Å². The minimum absolute atomic E-state index is 0.489. The van der Waals surface area contributed by atoms with Crippen LogP contribution in [0.15, 0.2) is 0 Å². The molecule has 56 valence electrons. The first-order chi connectivity index (χ1) is 4.89. The second-order valence-electron chi connectivity index (χ2n) is 3.88. The molecule has 2 unspecified atom stereocenters. The molecule has 0 aromatic carbocycles. The second-order valence-corrected chi connectivity index (χ2v) is 3.88. The Hall–Kier alpha value is -0.0800. The van der Waals surface area contributed by atoms with Gasteiger partial charge in [-0.3, -0.25) is 0 Å². The van der Waals surface area contributed by atoms with Crippen LogP contribution < -0.4 is 0 Å². The average Bonchev–Trinajstić information content (AvgIpc) is 2.40. The lowest BCUT2D eigenvalue weighted by atomic mass is 9.72. The normalized spacial score (nSPS) is 48.0. The van der Waals surface area contributed by atoms with Crippen molar-refractivity contribution in [3.05, 3.63) is 0 Å². The van der Waals surface area contributed by atoms with Crippen molar-refractivity contribution in [3.63, 3.8) is 0 Å². The van der Waals surface area contributed by atoms with Gasteiger partial charge in [0.15, 0.2) is 0 Å². The molecule has 2 heteroatoms. The molecular formula is C8H12O2. The van der Waals surface area contributed by atoms with Crippen molar-refractivity contribution in [2.24, 2.45) is 5.41 Å². The Balaban J connectivity index is 1.89. The van der Waals surface area contributed by atoms with Crippen LogP contribution in [0.2, 0.25) is 0 Å². The highest BCUT2D eigenvalue weighted by molar-refractivity contribution is 5.03. The van der Waals surface area contributed by atoms with E-state index < -0.39 is 0 Å². The molecule has 2 nitrogen and oxygen atoms in total. The minimum atomic E-state index is 0.489. The third-order valence-corrected chi connectivity index (χ3v) is 3.20. The molecule has 0 amide bonds. The van der Waals surface area contributed by atoms with Gasteiger partial charge in [0.1, 0.15) is 0 Å². The summed E-state index contributed by atoms with van der Waals surface area (Å²) < 4.78 is 11.0. The van der Waals surface area contributed by atoms with Crippen LogP contribution in [0.5, 0.6) is 0 Å². The van der Waals surface area contributed by atoms with E-state index in [-0.39, 0.29) is 0 Å². The van der Waals surface area contributed by atoms with E-state index in [2.05, 4.69) is 0 Å². The molecule has 3 heterocycles. The number of rotatable bonds is 0. The topological polar surface area (TPSA) is 18.5 Å². The van der Waals surface area contributed by atoms with Crippen molar-refractivity contribution in [3.8, 4) is 0 Å². The summed E-state index contributed by atoms with van der Waals surface area (Å²) in [5, 5.41) is 0. The zero-order chi connectivity index (χ0) is 6.60. The summed E-state index contributed by atoms with van der Waals surface area (Å²) in [5.74, 6) is 0. The lowest BCUT2D eigenvalue weighted by Crippen LogP contribution is -2.49. The Bertz CT molecular complexity index is 163. The maximum atomic E-state index is 5.75. The first-order valence-corrected chi connectivity index (χ1v) is 4.12. The van der Waals surface area contributed by atoms with E-state index in [4.69, 9.17) is 9.47 Å². The fourth-order valence-electron chi connectivity index (χ4n) is 2.56.